The zero-order valence-corrected chi connectivity index (χ0v) is 14.0. The molecule has 120 valence electrons. The Hall–Kier alpha value is -2.33. The van der Waals surface area contributed by atoms with Gasteiger partial charge in [0.05, 0.1) is 16.3 Å². The average Bonchev–Trinajstić information content (AvgIpc) is 2.48. The third kappa shape index (κ3) is 4.57. The summed E-state index contributed by atoms with van der Waals surface area (Å²) in [5, 5.41) is 3.06. The van der Waals surface area contributed by atoms with Crippen molar-refractivity contribution < 1.29 is 14.3 Å². The Kier molecular flexibility index (Phi) is 5.40. The van der Waals surface area contributed by atoms with Crippen LogP contribution in [0.1, 0.15) is 27.0 Å². The molecule has 2 rings (SSSR count). The zero-order chi connectivity index (χ0) is 17.0. The molecule has 0 spiro atoms. The first-order valence-corrected chi connectivity index (χ1v) is 7.55. The topological polar surface area (TPSA) is 55.4 Å². The lowest BCUT2D eigenvalue weighted by molar-refractivity contribution is -0.119. The largest absolute Gasteiger partial charge is 0.452 e. The second-order valence-electron chi connectivity index (χ2n) is 5.43. The number of carbonyl (C=O) groups is 2. The van der Waals surface area contributed by atoms with Crippen LogP contribution in [0.5, 0.6) is 0 Å². The summed E-state index contributed by atoms with van der Waals surface area (Å²) in [7, 11) is 0. The molecule has 23 heavy (non-hydrogen) atoms. The van der Waals surface area contributed by atoms with Crippen LogP contribution in [-0.2, 0) is 9.53 Å². The molecule has 2 aromatic carbocycles. The maximum Gasteiger partial charge on any atom is 0.338 e. The molecular weight excluding hydrogens is 314 g/mol. The number of hydrogen-bond donors (Lipinski definition) is 1. The van der Waals surface area contributed by atoms with Crippen LogP contribution in [0.2, 0.25) is 5.02 Å². The van der Waals surface area contributed by atoms with Gasteiger partial charge < -0.3 is 10.1 Å². The van der Waals surface area contributed by atoms with Gasteiger partial charge in [-0.05, 0) is 50.1 Å². The van der Waals surface area contributed by atoms with Crippen molar-refractivity contribution in [1.82, 2.24) is 0 Å². The van der Waals surface area contributed by atoms with Crippen molar-refractivity contribution in [1.29, 1.82) is 0 Å². The zero-order valence-electron chi connectivity index (χ0n) is 13.3. The molecule has 0 bridgehead atoms. The Balaban J connectivity index is 1.94. The molecule has 0 atom stereocenters. The number of anilines is 1. The number of nitrogens with one attached hydrogen (secondary N) is 1. The maximum atomic E-state index is 12.0. The summed E-state index contributed by atoms with van der Waals surface area (Å²) in [5.74, 6) is -0.957. The van der Waals surface area contributed by atoms with E-state index >= 15 is 0 Å². The second kappa shape index (κ2) is 7.29. The summed E-state index contributed by atoms with van der Waals surface area (Å²) >= 11 is 6.05. The molecule has 0 unspecified atom stereocenters. The van der Waals surface area contributed by atoms with Gasteiger partial charge in [0, 0.05) is 0 Å². The third-order valence-electron chi connectivity index (χ3n) is 3.33. The molecule has 0 aliphatic rings. The molecule has 0 fully saturated rings. The minimum absolute atomic E-state index is 0.365. The summed E-state index contributed by atoms with van der Waals surface area (Å²) in [6, 6.07) is 10.7. The quantitative estimate of drug-likeness (QED) is 0.859. The summed E-state index contributed by atoms with van der Waals surface area (Å²) in [6.07, 6.45) is 0. The van der Waals surface area contributed by atoms with Gasteiger partial charge in [0.25, 0.3) is 5.91 Å². The predicted octanol–water partition coefficient (Wildman–Crippen LogP) is 4.06. The van der Waals surface area contributed by atoms with Gasteiger partial charge in [0.1, 0.15) is 0 Å². The first-order chi connectivity index (χ1) is 10.9. The van der Waals surface area contributed by atoms with E-state index in [9.17, 15) is 9.59 Å². The third-order valence-corrected chi connectivity index (χ3v) is 3.65. The molecule has 0 aromatic heterocycles. The van der Waals surface area contributed by atoms with Crippen molar-refractivity contribution in [3.8, 4) is 0 Å². The number of rotatable bonds is 4. The molecule has 1 N–H and O–H groups in total. The van der Waals surface area contributed by atoms with Crippen LogP contribution in [0.3, 0.4) is 0 Å². The van der Waals surface area contributed by atoms with Gasteiger partial charge >= 0.3 is 5.97 Å². The lowest BCUT2D eigenvalue weighted by atomic mass is 10.1. The fraction of sp³-hybridized carbons (Fsp3) is 0.222. The summed E-state index contributed by atoms with van der Waals surface area (Å²) < 4.78 is 5.05. The first-order valence-electron chi connectivity index (χ1n) is 7.17. The highest BCUT2D eigenvalue weighted by atomic mass is 35.5. The highest BCUT2D eigenvalue weighted by Gasteiger charge is 2.13. The number of hydrogen-bond acceptors (Lipinski definition) is 3. The van der Waals surface area contributed by atoms with Crippen molar-refractivity contribution in [2.24, 2.45) is 0 Å². The van der Waals surface area contributed by atoms with E-state index in [1.807, 2.05) is 39.0 Å². The second-order valence-corrected chi connectivity index (χ2v) is 5.83. The molecule has 0 heterocycles. The minimum atomic E-state index is -0.521. The van der Waals surface area contributed by atoms with E-state index in [0.29, 0.717) is 16.3 Å². The molecule has 0 radical (unpaired) electrons. The van der Waals surface area contributed by atoms with E-state index in [1.54, 1.807) is 18.2 Å². The summed E-state index contributed by atoms with van der Waals surface area (Å²) in [5.41, 5.74) is 3.82. The number of carbonyl (C=O) groups excluding carboxylic acids is 2. The molecule has 0 aliphatic carbocycles. The Bertz CT molecular complexity index is 756. The Morgan fingerprint density at radius 2 is 1.70 bits per heavy atom. The molecule has 0 aliphatic heterocycles. The Morgan fingerprint density at radius 1 is 1.04 bits per heavy atom. The van der Waals surface area contributed by atoms with Gasteiger partial charge in [-0.25, -0.2) is 4.79 Å². The van der Waals surface area contributed by atoms with Gasteiger partial charge in [0.15, 0.2) is 6.61 Å². The average molecular weight is 332 g/mol. The molecule has 4 nitrogen and oxygen atoms in total. The Labute approximate surface area is 140 Å². The van der Waals surface area contributed by atoms with Crippen LogP contribution < -0.4 is 5.32 Å². The summed E-state index contributed by atoms with van der Waals surface area (Å²) in [6.45, 7) is 5.32. The number of aryl methyl sites for hydroxylation is 3. The number of halogens is 1. The lowest BCUT2D eigenvalue weighted by Crippen LogP contribution is -2.21. The van der Waals surface area contributed by atoms with E-state index in [4.69, 9.17) is 16.3 Å². The lowest BCUT2D eigenvalue weighted by Gasteiger charge is -2.10. The van der Waals surface area contributed by atoms with Gasteiger partial charge in [0.2, 0.25) is 0 Å². The van der Waals surface area contributed by atoms with Crippen molar-refractivity contribution in [3.05, 3.63) is 63.7 Å². The van der Waals surface area contributed by atoms with Gasteiger partial charge in [-0.2, -0.15) is 0 Å². The number of esters is 1. The van der Waals surface area contributed by atoms with Crippen LogP contribution >= 0.6 is 11.6 Å². The van der Waals surface area contributed by atoms with Crippen molar-refractivity contribution in [3.63, 3.8) is 0 Å². The SMILES string of the molecule is Cc1ccc(C(=O)OCC(=O)Nc2ccc(C)cc2Cl)c(C)c1. The number of amides is 1. The Morgan fingerprint density at radius 3 is 2.35 bits per heavy atom. The molecule has 0 saturated heterocycles. The van der Waals surface area contributed by atoms with E-state index in [2.05, 4.69) is 5.32 Å². The predicted molar refractivity (Wildman–Crippen MR) is 91.0 cm³/mol. The van der Waals surface area contributed by atoms with Crippen LogP contribution in [0.25, 0.3) is 0 Å². The normalized spacial score (nSPS) is 10.3. The number of benzene rings is 2. The maximum absolute atomic E-state index is 12.0. The fourth-order valence-corrected chi connectivity index (χ4v) is 2.44. The smallest absolute Gasteiger partial charge is 0.338 e. The van der Waals surface area contributed by atoms with Gasteiger partial charge in [-0.15, -0.1) is 0 Å². The molecule has 5 heteroatoms. The van der Waals surface area contributed by atoms with Crippen LogP contribution in [0.15, 0.2) is 36.4 Å². The molecule has 0 saturated carbocycles. The van der Waals surface area contributed by atoms with Crippen LogP contribution in [-0.4, -0.2) is 18.5 Å². The van der Waals surface area contributed by atoms with Crippen molar-refractivity contribution in [2.45, 2.75) is 20.8 Å². The standard InChI is InChI=1S/C18H18ClNO3/c1-11-4-6-14(13(3)8-11)18(22)23-10-17(21)20-16-7-5-12(2)9-15(16)19/h4-9H,10H2,1-3H3,(H,20,21). The van der Waals surface area contributed by atoms with Crippen LogP contribution in [0.4, 0.5) is 5.69 Å². The van der Waals surface area contributed by atoms with Crippen LogP contribution in [0, 0.1) is 20.8 Å². The van der Waals surface area contributed by atoms with E-state index in [1.165, 1.54) is 0 Å². The number of ether oxygens (including phenoxy) is 1. The molecule has 2 aromatic rings. The molecule has 1 amide bonds. The molecular formula is C18H18ClNO3. The van der Waals surface area contributed by atoms with E-state index < -0.39 is 11.9 Å². The van der Waals surface area contributed by atoms with Crippen molar-refractivity contribution in [2.75, 3.05) is 11.9 Å². The van der Waals surface area contributed by atoms with Crippen molar-refractivity contribution >= 4 is 29.2 Å². The highest BCUT2D eigenvalue weighted by molar-refractivity contribution is 6.33. The first kappa shape index (κ1) is 17.0. The van der Waals surface area contributed by atoms with E-state index in [-0.39, 0.29) is 6.61 Å². The summed E-state index contributed by atoms with van der Waals surface area (Å²) in [4.78, 5) is 23.9. The monoisotopic (exact) mass is 331 g/mol. The minimum Gasteiger partial charge on any atom is -0.452 e. The van der Waals surface area contributed by atoms with Gasteiger partial charge in [-0.3, -0.25) is 4.79 Å². The van der Waals surface area contributed by atoms with Gasteiger partial charge in [-0.1, -0.05) is 35.4 Å². The highest BCUT2D eigenvalue weighted by Crippen LogP contribution is 2.22. The van der Waals surface area contributed by atoms with E-state index in [0.717, 1.165) is 16.7 Å². The fourth-order valence-electron chi connectivity index (χ4n) is 2.16.